The minimum absolute atomic E-state index is 0.241. The van der Waals surface area contributed by atoms with E-state index in [-0.39, 0.29) is 6.04 Å². The molecule has 0 fully saturated rings. The van der Waals surface area contributed by atoms with E-state index in [0.29, 0.717) is 5.02 Å². The second-order valence-corrected chi connectivity index (χ2v) is 5.15. The van der Waals surface area contributed by atoms with E-state index in [1.807, 2.05) is 42.5 Å². The molecule has 2 N–H and O–H groups in total. The van der Waals surface area contributed by atoms with E-state index in [9.17, 15) is 0 Å². The first-order valence-corrected chi connectivity index (χ1v) is 6.64. The van der Waals surface area contributed by atoms with Gasteiger partial charge in [-0.15, -0.1) is 0 Å². The van der Waals surface area contributed by atoms with E-state index in [1.165, 1.54) is 0 Å². The molecule has 0 bridgehead atoms. The number of ether oxygens (including phenoxy) is 1. The highest BCUT2D eigenvalue weighted by molar-refractivity contribution is 9.10. The van der Waals surface area contributed by atoms with Crippen molar-refractivity contribution in [3.63, 3.8) is 0 Å². The van der Waals surface area contributed by atoms with Gasteiger partial charge in [0.15, 0.2) is 0 Å². The Morgan fingerprint density at radius 2 is 1.94 bits per heavy atom. The van der Waals surface area contributed by atoms with Crippen LogP contribution in [-0.2, 0) is 0 Å². The van der Waals surface area contributed by atoms with Crippen LogP contribution in [0.3, 0.4) is 0 Å². The van der Waals surface area contributed by atoms with Crippen LogP contribution >= 0.6 is 27.5 Å². The van der Waals surface area contributed by atoms with E-state index >= 15 is 0 Å². The van der Waals surface area contributed by atoms with Gasteiger partial charge in [-0.05, 0) is 39.7 Å². The summed E-state index contributed by atoms with van der Waals surface area (Å²) in [4.78, 5) is 0. The van der Waals surface area contributed by atoms with Crippen LogP contribution in [0.25, 0.3) is 0 Å². The molecule has 0 aromatic heterocycles. The molecule has 0 aliphatic heterocycles. The maximum absolute atomic E-state index is 6.27. The minimum atomic E-state index is -0.241. The van der Waals surface area contributed by atoms with Gasteiger partial charge in [0.05, 0.1) is 18.2 Å². The van der Waals surface area contributed by atoms with Crippen LogP contribution in [0.5, 0.6) is 5.75 Å². The highest BCUT2D eigenvalue weighted by Gasteiger charge is 2.14. The number of hydrogen-bond donors (Lipinski definition) is 1. The maximum atomic E-state index is 6.27. The van der Waals surface area contributed by atoms with Crippen molar-refractivity contribution in [2.45, 2.75) is 6.04 Å². The van der Waals surface area contributed by atoms with E-state index in [0.717, 1.165) is 21.3 Å². The van der Waals surface area contributed by atoms with Crippen molar-refractivity contribution in [2.24, 2.45) is 5.73 Å². The fraction of sp³-hybridized carbons (Fsp3) is 0.143. The highest BCUT2D eigenvalue weighted by atomic mass is 79.9. The van der Waals surface area contributed by atoms with Gasteiger partial charge in [-0.1, -0.05) is 35.9 Å². The summed E-state index contributed by atoms with van der Waals surface area (Å²) in [5, 5.41) is 0.672. The molecule has 0 aliphatic rings. The Labute approximate surface area is 120 Å². The molecule has 2 nitrogen and oxygen atoms in total. The second-order valence-electron chi connectivity index (χ2n) is 3.89. The molecule has 0 saturated carbocycles. The van der Waals surface area contributed by atoms with Gasteiger partial charge in [0.25, 0.3) is 0 Å². The molecule has 1 atom stereocenters. The molecule has 1 unspecified atom stereocenters. The smallest absolute Gasteiger partial charge is 0.123 e. The normalized spacial score (nSPS) is 12.2. The molecule has 0 saturated heterocycles. The van der Waals surface area contributed by atoms with Gasteiger partial charge in [-0.2, -0.15) is 0 Å². The molecule has 0 aliphatic carbocycles. The number of para-hydroxylation sites is 1. The Balaban J connectivity index is 2.41. The molecule has 0 radical (unpaired) electrons. The van der Waals surface area contributed by atoms with Crippen LogP contribution in [0, 0.1) is 0 Å². The van der Waals surface area contributed by atoms with Crippen LogP contribution in [0.4, 0.5) is 0 Å². The lowest BCUT2D eigenvalue weighted by Gasteiger charge is -2.16. The van der Waals surface area contributed by atoms with Crippen LogP contribution in [0.1, 0.15) is 17.2 Å². The fourth-order valence-corrected chi connectivity index (χ4v) is 2.32. The number of hydrogen-bond acceptors (Lipinski definition) is 2. The van der Waals surface area contributed by atoms with E-state index in [4.69, 9.17) is 22.1 Å². The van der Waals surface area contributed by atoms with Gasteiger partial charge in [0, 0.05) is 10.0 Å². The molecule has 0 spiro atoms. The lowest BCUT2D eigenvalue weighted by molar-refractivity contribution is 0.408. The Morgan fingerprint density at radius 3 is 2.61 bits per heavy atom. The third-order valence-corrected chi connectivity index (χ3v) is 3.99. The van der Waals surface area contributed by atoms with Crippen molar-refractivity contribution in [3.8, 4) is 5.75 Å². The second kappa shape index (κ2) is 5.74. The highest BCUT2D eigenvalue weighted by Crippen LogP contribution is 2.31. The SMILES string of the molecule is COc1ccccc1C(N)c1ccc(Cl)c(Br)c1. The molecule has 2 aromatic rings. The summed E-state index contributed by atoms with van der Waals surface area (Å²) in [5.41, 5.74) is 8.20. The first-order valence-electron chi connectivity index (χ1n) is 5.47. The molecule has 0 heterocycles. The monoisotopic (exact) mass is 325 g/mol. The number of benzene rings is 2. The zero-order valence-corrected chi connectivity index (χ0v) is 12.2. The Bertz CT molecular complexity index is 559. The Hall–Kier alpha value is -1.03. The Morgan fingerprint density at radius 1 is 1.22 bits per heavy atom. The molecule has 2 aromatic carbocycles. The Kier molecular flexibility index (Phi) is 4.27. The van der Waals surface area contributed by atoms with Gasteiger partial charge < -0.3 is 10.5 Å². The lowest BCUT2D eigenvalue weighted by atomic mass is 9.99. The molecule has 2 rings (SSSR count). The van der Waals surface area contributed by atoms with Gasteiger partial charge in [-0.3, -0.25) is 0 Å². The minimum Gasteiger partial charge on any atom is -0.496 e. The number of methoxy groups -OCH3 is 1. The van der Waals surface area contributed by atoms with Crippen LogP contribution in [0.15, 0.2) is 46.9 Å². The summed E-state index contributed by atoms with van der Waals surface area (Å²) < 4.78 is 6.16. The predicted molar refractivity (Wildman–Crippen MR) is 78.2 cm³/mol. The van der Waals surface area contributed by atoms with E-state index in [1.54, 1.807) is 7.11 Å². The summed E-state index contributed by atoms with van der Waals surface area (Å²) in [6.45, 7) is 0. The molecule has 4 heteroatoms. The van der Waals surface area contributed by atoms with Crippen molar-refractivity contribution in [1.82, 2.24) is 0 Å². The first kappa shape index (κ1) is 13.4. The van der Waals surface area contributed by atoms with Gasteiger partial charge in [0.2, 0.25) is 0 Å². The maximum Gasteiger partial charge on any atom is 0.123 e. The molecule has 94 valence electrons. The van der Waals surface area contributed by atoms with Crippen molar-refractivity contribution in [3.05, 3.63) is 63.1 Å². The van der Waals surface area contributed by atoms with Crippen molar-refractivity contribution >= 4 is 27.5 Å². The number of halogens is 2. The van der Waals surface area contributed by atoms with Gasteiger partial charge in [0.1, 0.15) is 5.75 Å². The fourth-order valence-electron chi connectivity index (χ4n) is 1.81. The van der Waals surface area contributed by atoms with Crippen LogP contribution < -0.4 is 10.5 Å². The summed E-state index contributed by atoms with van der Waals surface area (Å²) in [5.74, 6) is 0.788. The number of nitrogens with two attached hydrogens (primary N) is 1. The third kappa shape index (κ3) is 2.69. The summed E-state index contributed by atoms with van der Waals surface area (Å²) >= 11 is 9.38. The zero-order chi connectivity index (χ0) is 13.1. The molecular formula is C14H13BrClNO. The summed E-state index contributed by atoms with van der Waals surface area (Å²) in [6, 6.07) is 13.2. The zero-order valence-electron chi connectivity index (χ0n) is 9.86. The molecular weight excluding hydrogens is 314 g/mol. The third-order valence-electron chi connectivity index (χ3n) is 2.78. The van der Waals surface area contributed by atoms with Crippen molar-refractivity contribution in [1.29, 1.82) is 0 Å². The van der Waals surface area contributed by atoms with Crippen molar-refractivity contribution < 1.29 is 4.74 Å². The topological polar surface area (TPSA) is 35.2 Å². The molecule has 0 amide bonds. The van der Waals surface area contributed by atoms with Gasteiger partial charge >= 0.3 is 0 Å². The largest absolute Gasteiger partial charge is 0.496 e. The average Bonchev–Trinajstić information content (AvgIpc) is 2.41. The van der Waals surface area contributed by atoms with Crippen LogP contribution in [0.2, 0.25) is 5.02 Å². The van der Waals surface area contributed by atoms with Crippen molar-refractivity contribution in [2.75, 3.05) is 7.11 Å². The van der Waals surface area contributed by atoms with E-state index < -0.39 is 0 Å². The van der Waals surface area contributed by atoms with E-state index in [2.05, 4.69) is 15.9 Å². The average molecular weight is 327 g/mol. The number of rotatable bonds is 3. The predicted octanol–water partition coefficient (Wildman–Crippen LogP) is 4.16. The van der Waals surface area contributed by atoms with Crippen LogP contribution in [-0.4, -0.2) is 7.11 Å². The summed E-state index contributed by atoms with van der Waals surface area (Å²) in [6.07, 6.45) is 0. The summed E-state index contributed by atoms with van der Waals surface area (Å²) in [7, 11) is 1.64. The molecule has 18 heavy (non-hydrogen) atoms. The standard InChI is InChI=1S/C14H13BrClNO/c1-18-13-5-3-2-4-10(13)14(17)9-6-7-12(16)11(15)8-9/h2-8,14H,17H2,1H3. The first-order chi connectivity index (χ1) is 8.63. The van der Waals surface area contributed by atoms with Gasteiger partial charge in [-0.25, -0.2) is 0 Å². The quantitative estimate of drug-likeness (QED) is 0.919. The lowest BCUT2D eigenvalue weighted by Crippen LogP contribution is -2.13.